The number of amides is 2. The fourth-order valence-electron chi connectivity index (χ4n) is 1.97. The van der Waals surface area contributed by atoms with Gasteiger partial charge in [-0.1, -0.05) is 26.0 Å². The van der Waals surface area contributed by atoms with Gasteiger partial charge in [0.1, 0.15) is 0 Å². The zero-order valence-corrected chi connectivity index (χ0v) is 12.1. The number of ether oxygens (including phenoxy) is 1. The topological polar surface area (TPSA) is 70.6 Å². The zero-order valence-electron chi connectivity index (χ0n) is 12.1. The second-order valence-electron chi connectivity index (χ2n) is 5.62. The summed E-state index contributed by atoms with van der Waals surface area (Å²) in [5.41, 5.74) is 0. The summed E-state index contributed by atoms with van der Waals surface area (Å²) in [4.78, 5) is 11.7. The maximum absolute atomic E-state index is 11.7. The van der Waals surface area contributed by atoms with Crippen LogP contribution in [-0.4, -0.2) is 43.0 Å². The lowest BCUT2D eigenvalue weighted by molar-refractivity contribution is 0.0953. The molecule has 19 heavy (non-hydrogen) atoms. The van der Waals surface area contributed by atoms with Crippen molar-refractivity contribution in [3.05, 3.63) is 12.2 Å². The highest BCUT2D eigenvalue weighted by Crippen LogP contribution is 2.16. The van der Waals surface area contributed by atoms with Crippen LogP contribution in [-0.2, 0) is 4.74 Å². The van der Waals surface area contributed by atoms with Gasteiger partial charge in [0, 0.05) is 25.2 Å². The maximum atomic E-state index is 11.7. The first-order valence-corrected chi connectivity index (χ1v) is 6.95. The molecule has 0 aromatic rings. The molecule has 1 unspecified atom stereocenters. The minimum atomic E-state index is -0.186. The Morgan fingerprint density at radius 2 is 2.11 bits per heavy atom. The molecule has 1 aliphatic carbocycles. The Balaban J connectivity index is 2.15. The van der Waals surface area contributed by atoms with Crippen molar-refractivity contribution in [3.8, 4) is 0 Å². The number of hydrogen-bond acceptors (Lipinski definition) is 3. The molecule has 110 valence electrons. The lowest BCUT2D eigenvalue weighted by atomic mass is 10.1. The molecule has 5 heteroatoms. The third kappa shape index (κ3) is 6.59. The average molecular weight is 270 g/mol. The second-order valence-corrected chi connectivity index (χ2v) is 5.62. The molecule has 0 aromatic carbocycles. The maximum Gasteiger partial charge on any atom is 0.315 e. The van der Waals surface area contributed by atoms with E-state index in [1.54, 1.807) is 0 Å². The van der Waals surface area contributed by atoms with E-state index in [1.165, 1.54) is 0 Å². The van der Waals surface area contributed by atoms with Crippen molar-refractivity contribution >= 4 is 6.03 Å². The number of carbonyl (C=O) groups is 1. The van der Waals surface area contributed by atoms with E-state index < -0.39 is 0 Å². The Labute approximate surface area is 115 Å². The van der Waals surface area contributed by atoms with Crippen molar-refractivity contribution in [2.24, 2.45) is 11.8 Å². The van der Waals surface area contributed by atoms with Gasteiger partial charge in [-0.3, -0.25) is 0 Å². The van der Waals surface area contributed by atoms with E-state index in [9.17, 15) is 4.79 Å². The van der Waals surface area contributed by atoms with Gasteiger partial charge in [0.25, 0.3) is 0 Å². The van der Waals surface area contributed by atoms with E-state index in [-0.39, 0.29) is 30.6 Å². The van der Waals surface area contributed by atoms with Crippen molar-refractivity contribution in [1.82, 2.24) is 10.6 Å². The molecule has 1 aliphatic rings. The van der Waals surface area contributed by atoms with Gasteiger partial charge in [0.2, 0.25) is 0 Å². The predicted molar refractivity (Wildman–Crippen MR) is 74.9 cm³/mol. The summed E-state index contributed by atoms with van der Waals surface area (Å²) < 4.78 is 5.47. The Hall–Kier alpha value is -1.07. The summed E-state index contributed by atoms with van der Waals surface area (Å²) in [6, 6.07) is -0.187. The highest BCUT2D eigenvalue weighted by molar-refractivity contribution is 5.74. The molecular formula is C14H26N2O3. The third-order valence-corrected chi connectivity index (χ3v) is 2.92. The summed E-state index contributed by atoms with van der Waals surface area (Å²) >= 11 is 0. The van der Waals surface area contributed by atoms with Crippen LogP contribution in [0, 0.1) is 11.8 Å². The minimum Gasteiger partial charge on any atom is -0.396 e. The van der Waals surface area contributed by atoms with Crippen LogP contribution in [0.25, 0.3) is 0 Å². The summed E-state index contributed by atoms with van der Waals surface area (Å²) in [5.74, 6) is 0.664. The van der Waals surface area contributed by atoms with E-state index in [1.807, 2.05) is 19.1 Å². The highest BCUT2D eigenvalue weighted by atomic mass is 16.5. The van der Waals surface area contributed by atoms with E-state index in [0.29, 0.717) is 19.1 Å². The summed E-state index contributed by atoms with van der Waals surface area (Å²) in [6.07, 6.45) is 4.64. The first kappa shape index (κ1) is 16.0. The van der Waals surface area contributed by atoms with Crippen LogP contribution in [0.2, 0.25) is 0 Å². The molecule has 1 rings (SSSR count). The van der Waals surface area contributed by atoms with Crippen molar-refractivity contribution in [2.75, 3.05) is 19.8 Å². The molecule has 0 heterocycles. The molecule has 5 nitrogen and oxygen atoms in total. The minimum absolute atomic E-state index is 0.0148. The van der Waals surface area contributed by atoms with E-state index in [0.717, 1.165) is 6.42 Å². The fourth-order valence-corrected chi connectivity index (χ4v) is 1.97. The van der Waals surface area contributed by atoms with Gasteiger partial charge >= 0.3 is 6.03 Å². The highest BCUT2D eigenvalue weighted by Gasteiger charge is 2.20. The van der Waals surface area contributed by atoms with Crippen molar-refractivity contribution in [3.63, 3.8) is 0 Å². The lowest BCUT2D eigenvalue weighted by Crippen LogP contribution is -2.46. The van der Waals surface area contributed by atoms with Gasteiger partial charge in [0.15, 0.2) is 0 Å². The molecule has 2 amide bonds. The average Bonchev–Trinajstić information content (AvgIpc) is 2.75. The van der Waals surface area contributed by atoms with E-state index in [4.69, 9.17) is 9.84 Å². The Morgan fingerprint density at radius 3 is 2.68 bits per heavy atom. The Bertz CT molecular complexity index is 305. The molecule has 0 aliphatic heterocycles. The van der Waals surface area contributed by atoms with Crippen LogP contribution >= 0.6 is 0 Å². The Kier molecular flexibility index (Phi) is 6.87. The standard InChI is InChI=1S/C14H26N2O3/c1-10(2)8-19-9-11(3)15-14(18)16-13-5-4-12(6-13)7-17/h4-5,10-13,17H,6-9H2,1-3H3,(H2,15,16,18)/t11?,12-,13+/m0/s1. The quantitative estimate of drug-likeness (QED) is 0.610. The van der Waals surface area contributed by atoms with Crippen LogP contribution in [0.5, 0.6) is 0 Å². The number of carbonyl (C=O) groups excluding carboxylic acids is 1. The number of hydrogen-bond donors (Lipinski definition) is 3. The molecule has 0 bridgehead atoms. The van der Waals surface area contributed by atoms with Crippen molar-refractivity contribution in [2.45, 2.75) is 39.3 Å². The van der Waals surface area contributed by atoms with Gasteiger partial charge in [-0.25, -0.2) is 4.79 Å². The monoisotopic (exact) mass is 270 g/mol. The molecule has 0 radical (unpaired) electrons. The molecular weight excluding hydrogens is 244 g/mol. The van der Waals surface area contributed by atoms with Crippen LogP contribution in [0.3, 0.4) is 0 Å². The van der Waals surface area contributed by atoms with E-state index in [2.05, 4.69) is 24.5 Å². The smallest absolute Gasteiger partial charge is 0.315 e. The number of urea groups is 1. The molecule has 0 aromatic heterocycles. The van der Waals surface area contributed by atoms with Crippen LogP contribution in [0.4, 0.5) is 4.79 Å². The molecule has 0 saturated carbocycles. The molecule has 3 N–H and O–H groups in total. The lowest BCUT2D eigenvalue weighted by Gasteiger charge is -2.18. The summed E-state index contributed by atoms with van der Waals surface area (Å²) in [5, 5.41) is 14.7. The molecule has 3 atom stereocenters. The fraction of sp³-hybridized carbons (Fsp3) is 0.786. The molecule has 0 spiro atoms. The van der Waals surface area contributed by atoms with Gasteiger partial charge in [-0.2, -0.15) is 0 Å². The number of aliphatic hydroxyl groups excluding tert-OH is 1. The number of aliphatic hydroxyl groups is 1. The second kappa shape index (κ2) is 8.17. The predicted octanol–water partition coefficient (Wildman–Crippen LogP) is 1.28. The normalized spacial score (nSPS) is 23.6. The largest absolute Gasteiger partial charge is 0.396 e. The summed E-state index contributed by atoms with van der Waals surface area (Å²) in [6.45, 7) is 7.46. The van der Waals surface area contributed by atoms with Crippen molar-refractivity contribution in [1.29, 1.82) is 0 Å². The number of nitrogens with one attached hydrogen (secondary N) is 2. The van der Waals surface area contributed by atoms with Gasteiger partial charge in [-0.15, -0.1) is 0 Å². The van der Waals surface area contributed by atoms with E-state index >= 15 is 0 Å². The van der Waals surface area contributed by atoms with Crippen LogP contribution in [0.1, 0.15) is 27.2 Å². The molecule has 0 saturated heterocycles. The van der Waals surface area contributed by atoms with Crippen molar-refractivity contribution < 1.29 is 14.6 Å². The zero-order chi connectivity index (χ0) is 14.3. The Morgan fingerprint density at radius 1 is 1.37 bits per heavy atom. The van der Waals surface area contributed by atoms with Gasteiger partial charge in [-0.05, 0) is 19.3 Å². The van der Waals surface area contributed by atoms with Gasteiger partial charge in [0.05, 0.1) is 12.6 Å². The van der Waals surface area contributed by atoms with Crippen LogP contribution < -0.4 is 10.6 Å². The number of rotatable bonds is 7. The SMILES string of the molecule is CC(C)COCC(C)NC(=O)N[C@@H]1C=C[C@H](CO)C1. The summed E-state index contributed by atoms with van der Waals surface area (Å²) in [7, 11) is 0. The van der Waals surface area contributed by atoms with Crippen LogP contribution in [0.15, 0.2) is 12.2 Å². The first-order chi connectivity index (χ1) is 9.01. The van der Waals surface area contributed by atoms with Gasteiger partial charge < -0.3 is 20.5 Å². The molecule has 0 fully saturated rings. The first-order valence-electron chi connectivity index (χ1n) is 6.95. The third-order valence-electron chi connectivity index (χ3n) is 2.92.